The van der Waals surface area contributed by atoms with Gasteiger partial charge in [-0.3, -0.25) is 4.90 Å². The van der Waals surface area contributed by atoms with Crippen LogP contribution in [0, 0.1) is 46.3 Å². The molecule has 5 heteroatoms. The van der Waals surface area contributed by atoms with Crippen LogP contribution < -0.4 is 0 Å². The Kier molecular flexibility index (Phi) is 8.47. The summed E-state index contributed by atoms with van der Waals surface area (Å²) >= 11 is 0. The summed E-state index contributed by atoms with van der Waals surface area (Å²) < 4.78 is 0. The molecule has 3 saturated carbocycles. The minimum Gasteiger partial charge on any atom is -0.465 e. The topological polar surface area (TPSA) is 64.0 Å². The van der Waals surface area contributed by atoms with Crippen molar-refractivity contribution in [2.45, 2.75) is 111 Å². The normalized spacial score (nSPS) is 40.1. The Balaban J connectivity index is 1.49. The van der Waals surface area contributed by atoms with Crippen LogP contribution in [0.15, 0.2) is 11.6 Å². The fourth-order valence-corrected chi connectivity index (χ4v) is 9.67. The van der Waals surface area contributed by atoms with E-state index in [1.165, 1.54) is 55.4 Å². The van der Waals surface area contributed by atoms with Gasteiger partial charge in [-0.25, -0.2) is 4.79 Å². The molecule has 4 aliphatic carbocycles. The van der Waals surface area contributed by atoms with Crippen molar-refractivity contribution in [3.05, 3.63) is 11.6 Å². The molecule has 0 bridgehead atoms. The van der Waals surface area contributed by atoms with Crippen molar-refractivity contribution in [1.82, 2.24) is 9.80 Å². The number of carboxylic acid groups (broad SMARTS) is 1. The van der Waals surface area contributed by atoms with E-state index in [2.05, 4.69) is 40.7 Å². The van der Waals surface area contributed by atoms with Gasteiger partial charge in [0.05, 0.1) is 0 Å². The van der Waals surface area contributed by atoms with Gasteiger partial charge < -0.3 is 15.1 Å². The van der Waals surface area contributed by atoms with Crippen molar-refractivity contribution in [1.29, 1.82) is 0 Å². The Morgan fingerprint density at radius 3 is 2.41 bits per heavy atom. The Morgan fingerprint density at radius 1 is 1.03 bits per heavy atom. The third-order valence-corrected chi connectivity index (χ3v) is 11.8. The largest absolute Gasteiger partial charge is 0.465 e. The average molecular weight is 517 g/mol. The molecule has 4 rings (SSSR count). The molecule has 0 heterocycles. The van der Waals surface area contributed by atoms with Crippen LogP contribution in [0.25, 0.3) is 0 Å². The van der Waals surface area contributed by atoms with E-state index in [1.807, 2.05) is 19.0 Å². The maximum absolute atomic E-state index is 12.2. The van der Waals surface area contributed by atoms with Crippen LogP contribution in [0.5, 0.6) is 0 Å². The van der Waals surface area contributed by atoms with Gasteiger partial charge in [0.1, 0.15) is 5.72 Å². The van der Waals surface area contributed by atoms with E-state index in [4.69, 9.17) is 0 Å². The highest BCUT2D eigenvalue weighted by atomic mass is 16.4. The van der Waals surface area contributed by atoms with Crippen LogP contribution in [0.4, 0.5) is 4.79 Å². The second kappa shape index (κ2) is 10.8. The van der Waals surface area contributed by atoms with Crippen molar-refractivity contribution in [3.63, 3.8) is 0 Å². The minimum absolute atomic E-state index is 0.100. The number of nitrogens with zero attached hydrogens (tertiary/aromatic N) is 2. The molecule has 3 fully saturated rings. The molecule has 5 nitrogen and oxygen atoms in total. The van der Waals surface area contributed by atoms with E-state index >= 15 is 0 Å². The fourth-order valence-electron chi connectivity index (χ4n) is 9.67. The van der Waals surface area contributed by atoms with Crippen molar-refractivity contribution < 1.29 is 15.0 Å². The average Bonchev–Trinajstić information content (AvgIpc) is 3.16. The summed E-state index contributed by atoms with van der Waals surface area (Å²) in [6.07, 6.45) is 14.0. The number of hydrogen-bond donors (Lipinski definition) is 2. The van der Waals surface area contributed by atoms with E-state index in [0.717, 1.165) is 42.4 Å². The second-order valence-electron chi connectivity index (χ2n) is 14.7. The van der Waals surface area contributed by atoms with Gasteiger partial charge in [0.15, 0.2) is 0 Å². The van der Waals surface area contributed by atoms with E-state index in [1.54, 1.807) is 0 Å². The van der Waals surface area contributed by atoms with E-state index < -0.39 is 11.8 Å². The van der Waals surface area contributed by atoms with Crippen LogP contribution in [-0.2, 0) is 0 Å². The second-order valence-corrected chi connectivity index (χ2v) is 14.7. The van der Waals surface area contributed by atoms with E-state index in [-0.39, 0.29) is 5.41 Å². The lowest BCUT2D eigenvalue weighted by Gasteiger charge is -2.60. The number of amides is 1. The number of allylic oxidation sites excluding steroid dienone is 1. The van der Waals surface area contributed by atoms with Crippen molar-refractivity contribution in [3.8, 4) is 0 Å². The van der Waals surface area contributed by atoms with Crippen LogP contribution in [0.3, 0.4) is 0 Å². The molecule has 0 aromatic carbocycles. The highest BCUT2D eigenvalue weighted by Crippen LogP contribution is 2.67. The summed E-state index contributed by atoms with van der Waals surface area (Å²) in [6.45, 7) is 13.3. The highest BCUT2D eigenvalue weighted by molar-refractivity contribution is 5.66. The van der Waals surface area contributed by atoms with Gasteiger partial charge in [0.2, 0.25) is 0 Å². The minimum atomic E-state index is -1.28. The van der Waals surface area contributed by atoms with Crippen molar-refractivity contribution in [2.24, 2.45) is 46.3 Å². The number of aliphatic hydroxyl groups is 1. The molecule has 4 aliphatic rings. The molecule has 0 radical (unpaired) electrons. The molecule has 0 aromatic heterocycles. The van der Waals surface area contributed by atoms with Gasteiger partial charge >= 0.3 is 6.09 Å². The highest BCUT2D eigenvalue weighted by Gasteiger charge is 2.60. The Morgan fingerprint density at radius 2 is 1.76 bits per heavy atom. The lowest BCUT2D eigenvalue weighted by Crippen LogP contribution is -2.59. The predicted octanol–water partition coefficient (Wildman–Crippen LogP) is 7.26. The summed E-state index contributed by atoms with van der Waals surface area (Å²) in [6, 6.07) is 0. The van der Waals surface area contributed by atoms with E-state index in [9.17, 15) is 15.0 Å². The van der Waals surface area contributed by atoms with Gasteiger partial charge in [-0.05, 0) is 105 Å². The lowest BCUT2D eigenvalue weighted by molar-refractivity contribution is -0.133. The maximum atomic E-state index is 12.2. The molecule has 2 N–H and O–H groups in total. The molecule has 0 saturated heterocycles. The van der Waals surface area contributed by atoms with Crippen LogP contribution >= 0.6 is 0 Å². The zero-order valence-electron chi connectivity index (χ0n) is 24.9. The number of rotatable bonds is 9. The van der Waals surface area contributed by atoms with Gasteiger partial charge in [0.25, 0.3) is 0 Å². The van der Waals surface area contributed by atoms with Crippen LogP contribution in [-0.4, -0.2) is 59.0 Å². The first-order valence-corrected chi connectivity index (χ1v) is 15.4. The van der Waals surface area contributed by atoms with Gasteiger partial charge in [0, 0.05) is 19.5 Å². The summed E-state index contributed by atoms with van der Waals surface area (Å²) in [5, 5.41) is 21.6. The third-order valence-electron chi connectivity index (χ3n) is 11.8. The first-order valence-electron chi connectivity index (χ1n) is 15.4. The molecule has 0 unspecified atom stereocenters. The Labute approximate surface area is 227 Å². The van der Waals surface area contributed by atoms with Crippen molar-refractivity contribution >= 4 is 6.09 Å². The molecule has 0 aliphatic heterocycles. The molecular weight excluding hydrogens is 460 g/mol. The molecule has 1 amide bonds. The Bertz CT molecular complexity index is 855. The lowest BCUT2D eigenvalue weighted by atomic mass is 9.46. The quantitative estimate of drug-likeness (QED) is 0.250. The number of fused-ring (bicyclic) bond motifs is 5. The first-order chi connectivity index (χ1) is 17.3. The molecule has 0 spiro atoms. The SMILES string of the molecule is CC(C)CCC[C@@H](C)[C@H]1CC[C@H]2[C@@H]3CC=C4C[C@@](O)(N(CCN(C)C)C(=O)O)CC[C@]4(C)[C@H]3CC[C@]12C. The summed E-state index contributed by atoms with van der Waals surface area (Å²) in [5.41, 5.74) is 0.622. The number of hydrogen-bond acceptors (Lipinski definition) is 3. The Hall–Kier alpha value is -1.07. The maximum Gasteiger partial charge on any atom is 0.409 e. The van der Waals surface area contributed by atoms with Crippen LogP contribution in [0.2, 0.25) is 0 Å². The van der Waals surface area contributed by atoms with Gasteiger partial charge in [-0.1, -0.05) is 65.5 Å². The summed E-state index contributed by atoms with van der Waals surface area (Å²) in [4.78, 5) is 15.5. The van der Waals surface area contributed by atoms with Gasteiger partial charge in [-0.2, -0.15) is 0 Å². The van der Waals surface area contributed by atoms with Crippen LogP contribution in [0.1, 0.15) is 105 Å². The summed E-state index contributed by atoms with van der Waals surface area (Å²) in [5.74, 6) is 4.73. The zero-order chi connectivity index (χ0) is 27.2. The van der Waals surface area contributed by atoms with E-state index in [0.29, 0.717) is 37.3 Å². The first kappa shape index (κ1) is 28.9. The molecule has 0 aromatic rings. The zero-order valence-corrected chi connectivity index (χ0v) is 24.9. The van der Waals surface area contributed by atoms with Gasteiger partial charge in [-0.15, -0.1) is 0 Å². The molecular formula is C32H56N2O3. The molecule has 8 atom stereocenters. The third kappa shape index (κ3) is 5.38. The molecule has 212 valence electrons. The number of carbonyl (C=O) groups is 1. The number of likely N-dealkylation sites (N-methyl/N-ethyl adjacent to an activating group) is 1. The smallest absolute Gasteiger partial charge is 0.409 e. The predicted molar refractivity (Wildman–Crippen MR) is 151 cm³/mol. The fraction of sp³-hybridized carbons (Fsp3) is 0.906. The monoisotopic (exact) mass is 516 g/mol. The van der Waals surface area contributed by atoms with Crippen molar-refractivity contribution in [2.75, 3.05) is 27.2 Å². The molecule has 37 heavy (non-hydrogen) atoms. The standard InChI is InChI=1S/C32H56N2O3/c1-22(2)9-8-10-23(3)26-13-14-27-25-12-11-24-21-32(37,34(29(35)36)20-19-33(6)7)18-17-30(24,4)28(25)15-16-31(26,27)5/h11,22-23,25-28,37H,8-10,12-21H2,1-7H3,(H,35,36)/t23-,25+,26-,27+,28+,30+,31-,32-/m1/s1. The summed E-state index contributed by atoms with van der Waals surface area (Å²) in [7, 11) is 3.89.